The van der Waals surface area contributed by atoms with Crippen LogP contribution in [0.2, 0.25) is 0 Å². The highest BCUT2D eigenvalue weighted by Gasteiger charge is 2.12. The summed E-state index contributed by atoms with van der Waals surface area (Å²) in [5.41, 5.74) is 0. The number of hydrogen-bond acceptors (Lipinski definition) is 2. The van der Waals surface area contributed by atoms with Crippen molar-refractivity contribution < 1.29 is 0 Å². The van der Waals surface area contributed by atoms with E-state index in [2.05, 4.69) is 24.2 Å². The van der Waals surface area contributed by atoms with Gasteiger partial charge in [-0.25, -0.2) is 0 Å². The van der Waals surface area contributed by atoms with Gasteiger partial charge < -0.3 is 10.2 Å². The molecule has 0 spiro atoms. The maximum Gasteiger partial charge on any atom is 0.0192 e. The van der Waals surface area contributed by atoms with Gasteiger partial charge in [0.15, 0.2) is 0 Å². The van der Waals surface area contributed by atoms with E-state index >= 15 is 0 Å². The Kier molecular flexibility index (Phi) is 2.49. The molecule has 2 nitrogen and oxygen atoms in total. The Morgan fingerprint density at radius 3 is 2.89 bits per heavy atom. The van der Waals surface area contributed by atoms with Crippen molar-refractivity contribution in [2.75, 3.05) is 26.7 Å². The van der Waals surface area contributed by atoms with Crippen molar-refractivity contribution in [3.63, 3.8) is 0 Å². The van der Waals surface area contributed by atoms with Crippen LogP contribution in [0.1, 0.15) is 13.3 Å². The average Bonchev–Trinajstić information content (AvgIpc) is 1.88. The summed E-state index contributed by atoms with van der Waals surface area (Å²) in [6.45, 7) is 5.82. The Hall–Kier alpha value is -0.0800. The number of nitrogens with one attached hydrogen (secondary N) is 1. The van der Waals surface area contributed by atoms with Gasteiger partial charge in [-0.3, -0.25) is 0 Å². The third kappa shape index (κ3) is 1.95. The van der Waals surface area contributed by atoms with E-state index in [1.165, 1.54) is 19.5 Å². The van der Waals surface area contributed by atoms with E-state index < -0.39 is 0 Å². The number of nitrogens with zero attached hydrogens (tertiary/aromatic N) is 1. The maximum absolute atomic E-state index is 3.46. The van der Waals surface area contributed by atoms with E-state index in [0.29, 0.717) is 0 Å². The molecule has 0 bridgehead atoms. The van der Waals surface area contributed by atoms with Crippen molar-refractivity contribution in [2.24, 2.45) is 0 Å². The molecule has 1 aliphatic rings. The Morgan fingerprint density at radius 2 is 2.44 bits per heavy atom. The van der Waals surface area contributed by atoms with Gasteiger partial charge in [-0.1, -0.05) is 6.92 Å². The first-order valence-corrected chi connectivity index (χ1v) is 3.75. The van der Waals surface area contributed by atoms with Gasteiger partial charge >= 0.3 is 0 Å². The lowest BCUT2D eigenvalue weighted by atomic mass is 10.2. The summed E-state index contributed by atoms with van der Waals surface area (Å²) in [5.74, 6) is 0. The van der Waals surface area contributed by atoms with Gasteiger partial charge in [0.1, 0.15) is 0 Å². The molecule has 0 aromatic carbocycles. The summed E-state index contributed by atoms with van der Waals surface area (Å²) < 4.78 is 0. The van der Waals surface area contributed by atoms with Gasteiger partial charge in [0.25, 0.3) is 0 Å². The summed E-state index contributed by atoms with van der Waals surface area (Å²) >= 11 is 0. The van der Waals surface area contributed by atoms with Crippen LogP contribution in [0, 0.1) is 0 Å². The molecule has 0 radical (unpaired) electrons. The van der Waals surface area contributed by atoms with Gasteiger partial charge in [-0.2, -0.15) is 0 Å². The first kappa shape index (κ1) is 7.03. The maximum atomic E-state index is 3.46. The zero-order valence-electron chi connectivity index (χ0n) is 6.35. The van der Waals surface area contributed by atoms with Gasteiger partial charge in [-0.05, 0) is 13.5 Å². The highest BCUT2D eigenvalue weighted by molar-refractivity contribution is 4.74. The lowest BCUT2D eigenvalue weighted by molar-refractivity contribution is 0.235. The molecule has 2 heteroatoms. The molecule has 1 N–H and O–H groups in total. The molecule has 9 heavy (non-hydrogen) atoms. The van der Waals surface area contributed by atoms with Crippen LogP contribution in [0.3, 0.4) is 0 Å². The van der Waals surface area contributed by atoms with Crippen LogP contribution in [0.15, 0.2) is 0 Å². The van der Waals surface area contributed by atoms with Crippen molar-refractivity contribution in [1.29, 1.82) is 0 Å². The molecular weight excluding hydrogens is 112 g/mol. The number of piperazine rings is 1. The van der Waals surface area contributed by atoms with E-state index in [0.717, 1.165) is 12.6 Å². The minimum Gasteiger partial charge on any atom is -0.311 e. The number of hydrogen-bond donors (Lipinski definition) is 1. The Balaban J connectivity index is 2.23. The minimum atomic E-state index is 0.740. The van der Waals surface area contributed by atoms with Crippen molar-refractivity contribution in [1.82, 2.24) is 10.2 Å². The lowest BCUT2D eigenvalue weighted by Gasteiger charge is -2.29. The molecular formula is C7H16N2. The first-order valence-electron chi connectivity index (χ1n) is 3.75. The van der Waals surface area contributed by atoms with Gasteiger partial charge in [0.05, 0.1) is 0 Å². The topological polar surface area (TPSA) is 15.3 Å². The van der Waals surface area contributed by atoms with Crippen LogP contribution in [-0.4, -0.2) is 37.6 Å². The Labute approximate surface area is 57.2 Å². The van der Waals surface area contributed by atoms with E-state index in [1.54, 1.807) is 0 Å². The molecule has 0 aromatic rings. The normalized spacial score (nSPS) is 30.7. The number of rotatable bonds is 1. The third-order valence-electron chi connectivity index (χ3n) is 1.95. The van der Waals surface area contributed by atoms with E-state index in [-0.39, 0.29) is 0 Å². The zero-order valence-corrected chi connectivity index (χ0v) is 6.35. The van der Waals surface area contributed by atoms with Crippen LogP contribution in [0.4, 0.5) is 0 Å². The summed E-state index contributed by atoms with van der Waals surface area (Å²) in [6, 6.07) is 0.740. The quantitative estimate of drug-likeness (QED) is 0.546. The van der Waals surface area contributed by atoms with Gasteiger partial charge in [0, 0.05) is 25.7 Å². The highest BCUT2D eigenvalue weighted by Crippen LogP contribution is 1.98. The van der Waals surface area contributed by atoms with Crippen LogP contribution in [0.25, 0.3) is 0 Å². The molecule has 1 saturated heterocycles. The van der Waals surface area contributed by atoms with Crippen molar-refractivity contribution in [3.05, 3.63) is 0 Å². The Bertz CT molecular complexity index is 83.0. The summed E-state index contributed by atoms with van der Waals surface area (Å²) in [4.78, 5) is 2.38. The second-order valence-electron chi connectivity index (χ2n) is 2.82. The van der Waals surface area contributed by atoms with Crippen LogP contribution >= 0.6 is 0 Å². The third-order valence-corrected chi connectivity index (χ3v) is 1.95. The SMILES string of the molecule is CCC1CN(C)CCN1. The molecule has 0 saturated carbocycles. The molecule has 1 fully saturated rings. The van der Waals surface area contributed by atoms with Gasteiger partial charge in [0.2, 0.25) is 0 Å². The molecule has 1 heterocycles. The second-order valence-corrected chi connectivity index (χ2v) is 2.82. The molecule has 1 atom stereocenters. The molecule has 1 rings (SSSR count). The molecule has 0 aromatic heterocycles. The summed E-state index contributed by atoms with van der Waals surface area (Å²) in [6.07, 6.45) is 1.25. The van der Waals surface area contributed by atoms with Crippen LogP contribution < -0.4 is 5.32 Å². The van der Waals surface area contributed by atoms with Crippen LogP contribution in [0.5, 0.6) is 0 Å². The number of likely N-dealkylation sites (N-methyl/N-ethyl adjacent to an activating group) is 1. The minimum absolute atomic E-state index is 0.740. The smallest absolute Gasteiger partial charge is 0.0192 e. The Morgan fingerprint density at radius 1 is 1.67 bits per heavy atom. The second kappa shape index (κ2) is 3.18. The van der Waals surface area contributed by atoms with Crippen molar-refractivity contribution in [3.8, 4) is 0 Å². The standard InChI is InChI=1S/C7H16N2/c1-3-7-6-9(2)5-4-8-7/h7-8H,3-6H2,1-2H3. The lowest BCUT2D eigenvalue weighted by Crippen LogP contribution is -2.48. The zero-order chi connectivity index (χ0) is 6.69. The molecule has 0 amide bonds. The fraction of sp³-hybridized carbons (Fsp3) is 1.00. The summed E-state index contributed by atoms with van der Waals surface area (Å²) in [7, 11) is 2.18. The van der Waals surface area contributed by atoms with E-state index in [9.17, 15) is 0 Å². The first-order chi connectivity index (χ1) is 4.33. The molecule has 1 aliphatic heterocycles. The molecule has 54 valence electrons. The molecule has 1 unspecified atom stereocenters. The highest BCUT2D eigenvalue weighted by atomic mass is 15.2. The van der Waals surface area contributed by atoms with Crippen molar-refractivity contribution in [2.45, 2.75) is 19.4 Å². The van der Waals surface area contributed by atoms with E-state index in [1.807, 2.05) is 0 Å². The summed E-state index contributed by atoms with van der Waals surface area (Å²) in [5, 5.41) is 3.46. The average molecular weight is 128 g/mol. The fourth-order valence-electron chi connectivity index (χ4n) is 1.27. The largest absolute Gasteiger partial charge is 0.311 e. The van der Waals surface area contributed by atoms with Crippen molar-refractivity contribution >= 4 is 0 Å². The predicted molar refractivity (Wildman–Crippen MR) is 39.6 cm³/mol. The molecule has 0 aliphatic carbocycles. The van der Waals surface area contributed by atoms with Crippen LogP contribution in [-0.2, 0) is 0 Å². The predicted octanol–water partition coefficient (Wildman–Crippen LogP) is 0.300. The van der Waals surface area contributed by atoms with Gasteiger partial charge in [-0.15, -0.1) is 0 Å². The fourth-order valence-corrected chi connectivity index (χ4v) is 1.27. The monoisotopic (exact) mass is 128 g/mol. The van der Waals surface area contributed by atoms with E-state index in [4.69, 9.17) is 0 Å².